The third-order valence-corrected chi connectivity index (χ3v) is 8.15. The van der Waals surface area contributed by atoms with Gasteiger partial charge in [-0.25, -0.2) is 0 Å². The van der Waals surface area contributed by atoms with Gasteiger partial charge in [-0.05, 0) is 48.6 Å². The van der Waals surface area contributed by atoms with E-state index in [4.69, 9.17) is 19.3 Å². The van der Waals surface area contributed by atoms with Gasteiger partial charge in [-0.15, -0.1) is 0 Å². The average Bonchev–Trinajstić information content (AvgIpc) is 3.45. The Morgan fingerprint density at radius 3 is 2.52 bits per heavy atom. The summed E-state index contributed by atoms with van der Waals surface area (Å²) in [6.07, 6.45) is 3.51. The highest BCUT2D eigenvalue weighted by atomic mass is 16.5. The van der Waals surface area contributed by atoms with E-state index in [2.05, 4.69) is 45.5 Å². The molecule has 0 saturated carbocycles. The number of methoxy groups -OCH3 is 1. The molecule has 0 unspecified atom stereocenters. The van der Waals surface area contributed by atoms with Gasteiger partial charge in [0.1, 0.15) is 0 Å². The molecule has 2 fully saturated rings. The predicted molar refractivity (Wildman–Crippen MR) is 160 cm³/mol. The molecule has 2 aromatic carbocycles. The number of aromatic nitrogens is 3. The zero-order valence-corrected chi connectivity index (χ0v) is 24.2. The number of nitrogens with zero attached hydrogens (tertiary/aromatic N) is 3. The number of rotatable bonds is 8. The topological polar surface area (TPSA) is 111 Å². The van der Waals surface area contributed by atoms with Crippen molar-refractivity contribution in [1.82, 2.24) is 25.0 Å². The highest BCUT2D eigenvalue weighted by molar-refractivity contribution is 6.08. The van der Waals surface area contributed by atoms with Crippen molar-refractivity contribution >= 4 is 16.8 Å². The van der Waals surface area contributed by atoms with E-state index in [1.165, 1.54) is 18.7 Å². The molecule has 1 amide bonds. The second-order valence-electron chi connectivity index (χ2n) is 11.0. The summed E-state index contributed by atoms with van der Waals surface area (Å²) in [6, 6.07) is 14.3. The number of H-pyrrole nitrogens is 1. The Labute approximate surface area is 244 Å². The number of ether oxygens (including phenoxy) is 3. The minimum Gasteiger partial charge on any atom is -0.482 e. The molecule has 0 radical (unpaired) electrons. The SMILES string of the molecule is COc1[nH]c(C)cc(=O)c1CNC(=O)c1cc(-c2ccc(CN3CCOCC3)cc2)cc2c1cnn2C1CCOCC1. The number of carbonyl (C=O) groups excluding carboxylic acids is 1. The number of hydrogen-bond acceptors (Lipinski definition) is 7. The first-order valence-corrected chi connectivity index (χ1v) is 14.5. The number of aromatic amines is 1. The fraction of sp³-hybridized carbons (Fsp3) is 0.406. The zero-order chi connectivity index (χ0) is 29.1. The van der Waals surface area contributed by atoms with Crippen LogP contribution in [0.3, 0.4) is 0 Å². The monoisotopic (exact) mass is 571 g/mol. The maximum Gasteiger partial charge on any atom is 0.252 e. The van der Waals surface area contributed by atoms with Gasteiger partial charge in [0.05, 0.1) is 55.8 Å². The molecule has 10 nitrogen and oxygen atoms in total. The van der Waals surface area contributed by atoms with Crippen LogP contribution in [0.4, 0.5) is 0 Å². The van der Waals surface area contributed by atoms with E-state index in [-0.39, 0.29) is 23.9 Å². The highest BCUT2D eigenvalue weighted by Crippen LogP contribution is 2.32. The molecular weight excluding hydrogens is 534 g/mol. The summed E-state index contributed by atoms with van der Waals surface area (Å²) in [7, 11) is 1.50. The smallest absolute Gasteiger partial charge is 0.252 e. The molecule has 2 aliphatic heterocycles. The molecule has 4 heterocycles. The molecule has 2 saturated heterocycles. The first-order chi connectivity index (χ1) is 20.5. The molecule has 0 aliphatic carbocycles. The number of morpholine rings is 1. The van der Waals surface area contributed by atoms with Gasteiger partial charge in [-0.2, -0.15) is 5.10 Å². The van der Waals surface area contributed by atoms with Crippen molar-refractivity contribution in [2.24, 2.45) is 0 Å². The number of fused-ring (bicyclic) bond motifs is 1. The summed E-state index contributed by atoms with van der Waals surface area (Å²) in [6.45, 7) is 7.51. The Morgan fingerprint density at radius 1 is 1.05 bits per heavy atom. The summed E-state index contributed by atoms with van der Waals surface area (Å²) in [5, 5.41) is 8.46. The summed E-state index contributed by atoms with van der Waals surface area (Å²) in [5.74, 6) is 0.0723. The first-order valence-electron chi connectivity index (χ1n) is 14.5. The second kappa shape index (κ2) is 12.5. The van der Waals surface area contributed by atoms with Gasteiger partial charge in [0, 0.05) is 50.0 Å². The van der Waals surface area contributed by atoms with Crippen molar-refractivity contribution in [3.63, 3.8) is 0 Å². The van der Waals surface area contributed by atoms with Crippen LogP contribution < -0.4 is 15.5 Å². The molecule has 2 N–H and O–H groups in total. The maximum atomic E-state index is 13.7. The van der Waals surface area contributed by atoms with Crippen LogP contribution >= 0.6 is 0 Å². The molecule has 2 aromatic heterocycles. The van der Waals surface area contributed by atoms with Gasteiger partial charge in [0.15, 0.2) is 11.3 Å². The standard InChI is InChI=1S/C32H37N5O5/c1-21-15-30(38)28(32(35-21)40-2)18-33-31(39)26-16-24(17-29-27(26)19-34-37(29)25-7-11-41-12-8-25)23-5-3-22(4-6-23)20-36-9-13-42-14-10-36/h3-6,15-17,19,25H,7-14,18,20H2,1-2H3,(H,33,39)(H,35,38). The van der Waals surface area contributed by atoms with Gasteiger partial charge < -0.3 is 24.5 Å². The molecule has 42 heavy (non-hydrogen) atoms. The van der Waals surface area contributed by atoms with Crippen molar-refractivity contribution in [3.05, 3.63) is 81.3 Å². The fourth-order valence-electron chi connectivity index (χ4n) is 5.83. The summed E-state index contributed by atoms with van der Waals surface area (Å²) < 4.78 is 18.5. The molecule has 6 rings (SSSR count). The van der Waals surface area contributed by atoms with Crippen molar-refractivity contribution < 1.29 is 19.0 Å². The molecule has 2 aliphatic rings. The number of nitrogens with one attached hydrogen (secondary N) is 2. The summed E-state index contributed by atoms with van der Waals surface area (Å²) in [5.41, 5.74) is 5.50. The Balaban J connectivity index is 1.33. The Morgan fingerprint density at radius 2 is 1.79 bits per heavy atom. The van der Waals surface area contributed by atoms with Gasteiger partial charge in [-0.1, -0.05) is 24.3 Å². The van der Waals surface area contributed by atoms with E-state index in [1.807, 2.05) is 10.7 Å². The fourth-order valence-corrected chi connectivity index (χ4v) is 5.83. The van der Waals surface area contributed by atoms with E-state index in [0.29, 0.717) is 35.9 Å². The minimum atomic E-state index is -0.278. The van der Waals surface area contributed by atoms with Gasteiger partial charge >= 0.3 is 0 Å². The van der Waals surface area contributed by atoms with E-state index in [0.717, 1.165) is 67.7 Å². The van der Waals surface area contributed by atoms with E-state index >= 15 is 0 Å². The highest BCUT2D eigenvalue weighted by Gasteiger charge is 2.23. The van der Waals surface area contributed by atoms with Crippen LogP contribution in [0.15, 0.2) is 53.5 Å². The number of aryl methyl sites for hydroxylation is 1. The van der Waals surface area contributed by atoms with E-state index in [1.54, 1.807) is 13.1 Å². The van der Waals surface area contributed by atoms with Crippen LogP contribution in [0.25, 0.3) is 22.0 Å². The molecule has 0 spiro atoms. The van der Waals surface area contributed by atoms with Crippen molar-refractivity contribution in [2.45, 2.75) is 38.9 Å². The van der Waals surface area contributed by atoms with Crippen LogP contribution in [0.5, 0.6) is 5.88 Å². The summed E-state index contributed by atoms with van der Waals surface area (Å²) >= 11 is 0. The molecule has 10 heteroatoms. The third kappa shape index (κ3) is 5.97. The lowest BCUT2D eigenvalue weighted by Gasteiger charge is -2.26. The predicted octanol–water partition coefficient (Wildman–Crippen LogP) is 3.82. The lowest BCUT2D eigenvalue weighted by atomic mass is 9.98. The lowest BCUT2D eigenvalue weighted by molar-refractivity contribution is 0.0342. The molecule has 220 valence electrons. The zero-order valence-electron chi connectivity index (χ0n) is 24.2. The summed E-state index contributed by atoms with van der Waals surface area (Å²) in [4.78, 5) is 31.8. The number of hydrogen-bond donors (Lipinski definition) is 2. The van der Waals surface area contributed by atoms with Gasteiger partial charge in [0.25, 0.3) is 5.91 Å². The van der Waals surface area contributed by atoms with Crippen LogP contribution in [0, 0.1) is 6.92 Å². The lowest BCUT2D eigenvalue weighted by Crippen LogP contribution is -2.35. The molecule has 4 aromatic rings. The number of amides is 1. The largest absolute Gasteiger partial charge is 0.482 e. The van der Waals surface area contributed by atoms with Gasteiger partial charge in [-0.3, -0.25) is 19.2 Å². The van der Waals surface area contributed by atoms with E-state index in [9.17, 15) is 9.59 Å². The number of carbonyl (C=O) groups is 1. The van der Waals surface area contributed by atoms with E-state index < -0.39 is 0 Å². The molecular formula is C32H37N5O5. The second-order valence-corrected chi connectivity index (χ2v) is 11.0. The average molecular weight is 572 g/mol. The van der Waals surface area contributed by atoms with Gasteiger partial charge in [0.2, 0.25) is 0 Å². The number of benzene rings is 2. The molecule has 0 atom stereocenters. The van der Waals surface area contributed by atoms with Crippen molar-refractivity contribution in [1.29, 1.82) is 0 Å². The van der Waals surface area contributed by atoms with Crippen LogP contribution in [-0.4, -0.2) is 72.2 Å². The van der Waals surface area contributed by atoms with Crippen LogP contribution in [0.2, 0.25) is 0 Å². The first kappa shape index (κ1) is 28.1. The van der Waals surface area contributed by atoms with Crippen LogP contribution in [0.1, 0.15) is 46.1 Å². The Hall–Kier alpha value is -3.99. The molecule has 0 bridgehead atoms. The third-order valence-electron chi connectivity index (χ3n) is 8.15. The number of pyridine rings is 1. The Bertz CT molecular complexity index is 1620. The van der Waals surface area contributed by atoms with Crippen LogP contribution in [-0.2, 0) is 22.6 Å². The normalized spacial score (nSPS) is 16.5. The minimum absolute atomic E-state index is 0.0354. The quantitative estimate of drug-likeness (QED) is 0.331. The van der Waals surface area contributed by atoms with Crippen molar-refractivity contribution in [3.8, 4) is 17.0 Å². The van der Waals surface area contributed by atoms with Crippen molar-refractivity contribution in [2.75, 3.05) is 46.6 Å². The Kier molecular flexibility index (Phi) is 8.36. The maximum absolute atomic E-state index is 13.7.